The number of hydrogen-bond acceptors (Lipinski definition) is 3. The van der Waals surface area contributed by atoms with E-state index in [0.29, 0.717) is 13.1 Å². The van der Waals surface area contributed by atoms with E-state index in [-0.39, 0.29) is 12.1 Å². The Morgan fingerprint density at radius 2 is 2.10 bits per heavy atom. The van der Waals surface area contributed by atoms with Crippen LogP contribution in [0.1, 0.15) is 49.9 Å². The number of carbonyl (C=O) groups is 1. The van der Waals surface area contributed by atoms with Crippen molar-refractivity contribution in [2.75, 3.05) is 6.54 Å². The summed E-state index contributed by atoms with van der Waals surface area (Å²) in [7, 11) is 0. The molecule has 0 aliphatic carbocycles. The maximum atomic E-state index is 12.3. The highest BCUT2D eigenvalue weighted by molar-refractivity contribution is 9.10. The molecule has 0 saturated heterocycles. The Kier molecular flexibility index (Phi) is 4.63. The molecule has 5 heteroatoms. The molecule has 21 heavy (non-hydrogen) atoms. The Bertz CT molecular complexity index is 552. The van der Waals surface area contributed by atoms with Crippen molar-refractivity contribution in [3.05, 3.63) is 33.3 Å². The molecule has 2 rings (SSSR count). The molecule has 1 heterocycles. The molecule has 1 aromatic carbocycles. The number of ether oxygens (including phenoxy) is 1. The van der Waals surface area contributed by atoms with E-state index in [9.17, 15) is 4.79 Å². The highest BCUT2D eigenvalue weighted by atomic mass is 79.9. The molecule has 1 amide bonds. The third-order valence-corrected chi connectivity index (χ3v) is 4.40. The van der Waals surface area contributed by atoms with Gasteiger partial charge >= 0.3 is 6.09 Å². The summed E-state index contributed by atoms with van der Waals surface area (Å²) in [4.78, 5) is 14.0. The van der Waals surface area contributed by atoms with Gasteiger partial charge in [-0.1, -0.05) is 22.0 Å². The predicted octanol–water partition coefficient (Wildman–Crippen LogP) is 3.90. The van der Waals surface area contributed by atoms with Gasteiger partial charge in [-0.25, -0.2) is 4.79 Å². The minimum atomic E-state index is -0.484. The Balaban J connectivity index is 2.27. The third kappa shape index (κ3) is 3.98. The van der Waals surface area contributed by atoms with Gasteiger partial charge in [0, 0.05) is 23.6 Å². The summed E-state index contributed by atoms with van der Waals surface area (Å²) in [5, 5.41) is 0. The van der Waals surface area contributed by atoms with Gasteiger partial charge in [-0.05, 0) is 56.9 Å². The third-order valence-electron chi connectivity index (χ3n) is 3.54. The second kappa shape index (κ2) is 5.97. The van der Waals surface area contributed by atoms with Gasteiger partial charge in [-0.2, -0.15) is 0 Å². The maximum Gasteiger partial charge on any atom is 0.410 e. The summed E-state index contributed by atoms with van der Waals surface area (Å²) < 4.78 is 6.51. The first-order valence-electron chi connectivity index (χ1n) is 7.20. The molecule has 1 aromatic rings. The van der Waals surface area contributed by atoms with Gasteiger partial charge in [0.25, 0.3) is 0 Å². The minimum Gasteiger partial charge on any atom is -0.444 e. The van der Waals surface area contributed by atoms with Crippen LogP contribution in [0.2, 0.25) is 0 Å². The van der Waals surface area contributed by atoms with Crippen molar-refractivity contribution in [3.8, 4) is 0 Å². The lowest BCUT2D eigenvalue weighted by Gasteiger charge is -2.26. The van der Waals surface area contributed by atoms with E-state index in [1.807, 2.05) is 27.7 Å². The van der Waals surface area contributed by atoms with Crippen LogP contribution in [0.15, 0.2) is 16.6 Å². The molecule has 1 aliphatic rings. The monoisotopic (exact) mass is 354 g/mol. The maximum absolute atomic E-state index is 12.3. The Morgan fingerprint density at radius 3 is 2.71 bits per heavy atom. The standard InChI is InChI=1S/C16H23BrN2O2/c1-10-7-12-11(8-13(10)17)9-19(6-5-14(12)18)15(20)21-16(2,3)4/h7-8,14H,5-6,9,18H2,1-4H3/t14-/m1/s1. The largest absolute Gasteiger partial charge is 0.444 e. The normalized spacial score (nSPS) is 19.0. The molecule has 4 nitrogen and oxygen atoms in total. The van der Waals surface area contributed by atoms with Crippen molar-refractivity contribution in [2.45, 2.75) is 52.3 Å². The van der Waals surface area contributed by atoms with E-state index in [4.69, 9.17) is 10.5 Å². The summed E-state index contributed by atoms with van der Waals surface area (Å²) in [6, 6.07) is 4.13. The highest BCUT2D eigenvalue weighted by Crippen LogP contribution is 2.30. The van der Waals surface area contributed by atoms with E-state index < -0.39 is 5.60 Å². The van der Waals surface area contributed by atoms with Gasteiger partial charge in [0.05, 0.1) is 0 Å². The predicted molar refractivity (Wildman–Crippen MR) is 87.1 cm³/mol. The number of halogens is 1. The van der Waals surface area contributed by atoms with Crippen molar-refractivity contribution in [3.63, 3.8) is 0 Å². The van der Waals surface area contributed by atoms with Crippen LogP contribution in [-0.4, -0.2) is 23.1 Å². The Morgan fingerprint density at radius 1 is 1.43 bits per heavy atom. The second-order valence-corrected chi connectivity index (χ2v) is 7.45. The fourth-order valence-electron chi connectivity index (χ4n) is 2.44. The fourth-order valence-corrected chi connectivity index (χ4v) is 2.84. The molecule has 0 saturated carbocycles. The first-order valence-corrected chi connectivity index (χ1v) is 7.99. The lowest BCUT2D eigenvalue weighted by molar-refractivity contribution is 0.0235. The topological polar surface area (TPSA) is 55.6 Å². The number of fused-ring (bicyclic) bond motifs is 1. The molecule has 116 valence electrons. The van der Waals surface area contributed by atoms with Gasteiger partial charge in [-0.3, -0.25) is 0 Å². The van der Waals surface area contributed by atoms with Crippen LogP contribution >= 0.6 is 15.9 Å². The molecule has 2 N–H and O–H groups in total. The summed E-state index contributed by atoms with van der Waals surface area (Å²) >= 11 is 3.55. The lowest BCUT2D eigenvalue weighted by atomic mass is 9.98. The van der Waals surface area contributed by atoms with Crippen molar-refractivity contribution >= 4 is 22.0 Å². The van der Waals surface area contributed by atoms with Crippen molar-refractivity contribution < 1.29 is 9.53 Å². The average Bonchev–Trinajstić information content (AvgIpc) is 2.49. The molecule has 0 fully saturated rings. The van der Waals surface area contributed by atoms with E-state index in [0.717, 1.165) is 27.6 Å². The number of carbonyl (C=O) groups excluding carboxylic acids is 1. The molecule has 1 atom stereocenters. The van der Waals surface area contributed by atoms with Crippen molar-refractivity contribution in [1.82, 2.24) is 4.90 Å². The number of nitrogens with zero attached hydrogens (tertiary/aromatic N) is 1. The Labute approximate surface area is 134 Å². The lowest BCUT2D eigenvalue weighted by Crippen LogP contribution is -2.36. The highest BCUT2D eigenvalue weighted by Gasteiger charge is 2.27. The van der Waals surface area contributed by atoms with Crippen molar-refractivity contribution in [1.29, 1.82) is 0 Å². The first-order chi connectivity index (χ1) is 9.67. The van der Waals surface area contributed by atoms with Crippen molar-refractivity contribution in [2.24, 2.45) is 5.73 Å². The summed E-state index contributed by atoms with van der Waals surface area (Å²) in [5.41, 5.74) is 9.15. The van der Waals surface area contributed by atoms with E-state index in [1.54, 1.807) is 4.90 Å². The van der Waals surface area contributed by atoms with Crippen LogP contribution in [0, 0.1) is 6.92 Å². The molecule has 1 aliphatic heterocycles. The zero-order valence-corrected chi connectivity index (χ0v) is 14.7. The second-order valence-electron chi connectivity index (χ2n) is 6.60. The van der Waals surface area contributed by atoms with Crippen LogP contribution in [0.4, 0.5) is 4.79 Å². The van der Waals surface area contributed by atoms with E-state index in [2.05, 4.69) is 28.1 Å². The van der Waals surface area contributed by atoms with Gasteiger partial charge in [0.2, 0.25) is 0 Å². The quantitative estimate of drug-likeness (QED) is 0.768. The van der Waals surface area contributed by atoms with Crippen LogP contribution < -0.4 is 5.73 Å². The number of nitrogens with two attached hydrogens (primary N) is 1. The van der Waals surface area contributed by atoms with E-state index >= 15 is 0 Å². The number of hydrogen-bond donors (Lipinski definition) is 1. The zero-order chi connectivity index (χ0) is 15.8. The molecule has 0 spiro atoms. The molecular formula is C16H23BrN2O2. The van der Waals surface area contributed by atoms with Crippen LogP contribution in [0.3, 0.4) is 0 Å². The number of aryl methyl sites for hydroxylation is 1. The zero-order valence-electron chi connectivity index (χ0n) is 13.1. The molecule has 0 aromatic heterocycles. The van der Waals surface area contributed by atoms with Gasteiger partial charge in [0.1, 0.15) is 5.60 Å². The summed E-state index contributed by atoms with van der Waals surface area (Å²) in [6.07, 6.45) is 0.465. The summed E-state index contributed by atoms with van der Waals surface area (Å²) in [5.74, 6) is 0. The number of amides is 1. The van der Waals surface area contributed by atoms with Crippen LogP contribution in [0.5, 0.6) is 0 Å². The van der Waals surface area contributed by atoms with Gasteiger partial charge in [-0.15, -0.1) is 0 Å². The number of rotatable bonds is 0. The van der Waals surface area contributed by atoms with Crippen LogP contribution in [-0.2, 0) is 11.3 Å². The molecule has 0 bridgehead atoms. The molecule has 0 radical (unpaired) electrons. The van der Waals surface area contributed by atoms with Gasteiger partial charge < -0.3 is 15.4 Å². The summed E-state index contributed by atoms with van der Waals surface area (Å²) in [6.45, 7) is 8.83. The molecular weight excluding hydrogens is 332 g/mol. The minimum absolute atomic E-state index is 0.0424. The Hall–Kier alpha value is -1.07. The SMILES string of the molecule is Cc1cc2c(cc1Br)CN(C(=O)OC(C)(C)C)CC[C@H]2N. The van der Waals surface area contributed by atoms with Gasteiger partial charge in [0.15, 0.2) is 0 Å². The smallest absolute Gasteiger partial charge is 0.410 e. The average molecular weight is 355 g/mol. The first kappa shape index (κ1) is 16.3. The van der Waals surface area contributed by atoms with Crippen LogP contribution in [0.25, 0.3) is 0 Å². The number of benzene rings is 1. The molecule has 0 unspecified atom stereocenters. The fraction of sp³-hybridized carbons (Fsp3) is 0.562. The van der Waals surface area contributed by atoms with E-state index in [1.165, 1.54) is 0 Å².